The van der Waals surface area contributed by atoms with Crippen molar-refractivity contribution >= 4 is 39.0 Å². The highest BCUT2D eigenvalue weighted by Crippen LogP contribution is 2.33. The van der Waals surface area contributed by atoms with Crippen LogP contribution >= 0.6 is 15.9 Å². The smallest absolute Gasteiger partial charge is 0.335 e. The fraction of sp³-hybridized carbons (Fsp3) is 0.0714. The predicted octanol–water partition coefficient (Wildman–Crippen LogP) is 3.50. The number of para-hydroxylation sites is 1. The van der Waals surface area contributed by atoms with Gasteiger partial charge in [-0.2, -0.15) is 0 Å². The van der Waals surface area contributed by atoms with Gasteiger partial charge in [0.05, 0.1) is 22.6 Å². The van der Waals surface area contributed by atoms with E-state index in [1.807, 2.05) is 36.2 Å². The van der Waals surface area contributed by atoms with Crippen molar-refractivity contribution < 1.29 is 9.90 Å². The minimum atomic E-state index is -0.984. The van der Waals surface area contributed by atoms with Crippen molar-refractivity contribution in [2.24, 2.45) is 0 Å². The molecular formula is C14H13BrN2O2. The highest BCUT2D eigenvalue weighted by Gasteiger charge is 2.12. The summed E-state index contributed by atoms with van der Waals surface area (Å²) in [5.74, 6) is -0.984. The van der Waals surface area contributed by atoms with Crippen LogP contribution in [0.2, 0.25) is 0 Å². The molecule has 2 rings (SSSR count). The number of hydrogen-bond acceptors (Lipinski definition) is 3. The van der Waals surface area contributed by atoms with Gasteiger partial charge in [0, 0.05) is 11.5 Å². The first kappa shape index (κ1) is 13.4. The average Bonchev–Trinajstić information content (AvgIpc) is 2.38. The zero-order valence-corrected chi connectivity index (χ0v) is 11.9. The van der Waals surface area contributed by atoms with Gasteiger partial charge >= 0.3 is 5.97 Å². The van der Waals surface area contributed by atoms with Gasteiger partial charge in [-0.05, 0) is 46.3 Å². The van der Waals surface area contributed by atoms with Crippen LogP contribution in [-0.2, 0) is 0 Å². The number of halogens is 1. The second-order valence-corrected chi connectivity index (χ2v) is 4.94. The van der Waals surface area contributed by atoms with Crippen LogP contribution in [-0.4, -0.2) is 18.1 Å². The van der Waals surface area contributed by atoms with Gasteiger partial charge in [0.2, 0.25) is 0 Å². The third-order valence-corrected chi connectivity index (χ3v) is 3.52. The summed E-state index contributed by atoms with van der Waals surface area (Å²) in [6, 6.07) is 12.5. The lowest BCUT2D eigenvalue weighted by Gasteiger charge is -2.22. The highest BCUT2D eigenvalue weighted by atomic mass is 79.9. The van der Waals surface area contributed by atoms with Crippen molar-refractivity contribution in [1.29, 1.82) is 0 Å². The first-order valence-corrected chi connectivity index (χ1v) is 6.41. The van der Waals surface area contributed by atoms with Crippen molar-refractivity contribution in [1.82, 2.24) is 0 Å². The first-order valence-electron chi connectivity index (χ1n) is 5.62. The number of rotatable bonds is 3. The number of aromatic carboxylic acids is 1. The first-order chi connectivity index (χ1) is 9.00. The van der Waals surface area contributed by atoms with Gasteiger partial charge in [-0.15, -0.1) is 0 Å². The number of hydrogen-bond donors (Lipinski definition) is 2. The molecule has 0 aliphatic carbocycles. The number of benzene rings is 2. The third-order valence-electron chi connectivity index (χ3n) is 2.85. The van der Waals surface area contributed by atoms with E-state index in [9.17, 15) is 4.79 Å². The molecule has 4 nitrogen and oxygen atoms in total. The number of carboxylic acids is 1. The molecule has 0 bridgehead atoms. The van der Waals surface area contributed by atoms with Crippen molar-refractivity contribution in [2.75, 3.05) is 17.7 Å². The average molecular weight is 321 g/mol. The molecule has 0 radical (unpaired) electrons. The van der Waals surface area contributed by atoms with Crippen LogP contribution in [0.5, 0.6) is 0 Å². The molecule has 0 amide bonds. The summed E-state index contributed by atoms with van der Waals surface area (Å²) in [4.78, 5) is 12.8. The van der Waals surface area contributed by atoms with Crippen LogP contribution in [0.1, 0.15) is 10.4 Å². The number of anilines is 3. The SMILES string of the molecule is CN(c1ccc(C(=O)O)cc1N)c1ccccc1Br. The molecule has 0 spiro atoms. The summed E-state index contributed by atoms with van der Waals surface area (Å²) in [5, 5.41) is 8.92. The normalized spacial score (nSPS) is 10.2. The van der Waals surface area contributed by atoms with E-state index >= 15 is 0 Å². The Bertz CT molecular complexity index is 629. The molecule has 0 heterocycles. The van der Waals surface area contributed by atoms with Gasteiger partial charge in [-0.25, -0.2) is 4.79 Å². The fourth-order valence-electron chi connectivity index (χ4n) is 1.85. The van der Waals surface area contributed by atoms with Crippen LogP contribution in [0.4, 0.5) is 17.1 Å². The number of nitrogens with zero attached hydrogens (tertiary/aromatic N) is 1. The Balaban J connectivity index is 2.42. The topological polar surface area (TPSA) is 66.6 Å². The summed E-state index contributed by atoms with van der Waals surface area (Å²) >= 11 is 3.48. The monoisotopic (exact) mass is 320 g/mol. The molecule has 98 valence electrons. The molecule has 2 aromatic carbocycles. The Kier molecular flexibility index (Phi) is 3.76. The molecule has 0 aliphatic heterocycles. The molecule has 2 aromatic rings. The van der Waals surface area contributed by atoms with Crippen LogP contribution in [0.3, 0.4) is 0 Å². The summed E-state index contributed by atoms with van der Waals surface area (Å²) in [6.07, 6.45) is 0. The summed E-state index contributed by atoms with van der Waals surface area (Å²) in [6.45, 7) is 0. The summed E-state index contributed by atoms with van der Waals surface area (Å²) in [5.41, 5.74) is 8.26. The molecule has 0 unspecified atom stereocenters. The lowest BCUT2D eigenvalue weighted by atomic mass is 10.1. The molecular weight excluding hydrogens is 308 g/mol. The van der Waals surface area contributed by atoms with E-state index in [1.54, 1.807) is 12.1 Å². The maximum Gasteiger partial charge on any atom is 0.335 e. The quantitative estimate of drug-likeness (QED) is 0.849. The second kappa shape index (κ2) is 5.32. The van der Waals surface area contributed by atoms with Crippen LogP contribution in [0.15, 0.2) is 46.9 Å². The van der Waals surface area contributed by atoms with Crippen LogP contribution in [0.25, 0.3) is 0 Å². The van der Waals surface area contributed by atoms with Gasteiger partial charge in [0.25, 0.3) is 0 Å². The largest absolute Gasteiger partial charge is 0.478 e. The summed E-state index contributed by atoms with van der Waals surface area (Å²) < 4.78 is 0.944. The van der Waals surface area contributed by atoms with E-state index in [4.69, 9.17) is 10.8 Å². The van der Waals surface area contributed by atoms with E-state index in [0.717, 1.165) is 15.8 Å². The number of nitrogen functional groups attached to an aromatic ring is 1. The Morgan fingerprint density at radius 3 is 2.47 bits per heavy atom. The third kappa shape index (κ3) is 2.71. The zero-order chi connectivity index (χ0) is 14.0. The molecule has 0 saturated heterocycles. The molecule has 0 saturated carbocycles. The van der Waals surface area contributed by atoms with Crippen molar-refractivity contribution in [3.05, 3.63) is 52.5 Å². The maximum atomic E-state index is 10.9. The number of carboxylic acid groups (broad SMARTS) is 1. The van der Waals surface area contributed by atoms with E-state index in [2.05, 4.69) is 15.9 Å². The minimum Gasteiger partial charge on any atom is -0.478 e. The standard InChI is InChI=1S/C14H13BrN2O2/c1-17(12-5-3-2-4-10(12)15)13-7-6-9(14(18)19)8-11(13)16/h2-8H,16H2,1H3,(H,18,19). The number of nitrogens with two attached hydrogens (primary N) is 1. The van der Waals surface area contributed by atoms with Crippen molar-refractivity contribution in [2.45, 2.75) is 0 Å². The van der Waals surface area contributed by atoms with Gasteiger partial charge in [-0.1, -0.05) is 12.1 Å². The Labute approximate surface area is 119 Å². The minimum absolute atomic E-state index is 0.182. The Morgan fingerprint density at radius 1 is 1.21 bits per heavy atom. The van der Waals surface area contributed by atoms with Crippen molar-refractivity contribution in [3.63, 3.8) is 0 Å². The van der Waals surface area contributed by atoms with E-state index < -0.39 is 5.97 Å². The lowest BCUT2D eigenvalue weighted by molar-refractivity contribution is 0.0697. The maximum absolute atomic E-state index is 10.9. The van der Waals surface area contributed by atoms with E-state index in [-0.39, 0.29) is 5.56 Å². The summed E-state index contributed by atoms with van der Waals surface area (Å²) in [7, 11) is 1.88. The van der Waals surface area contributed by atoms with Gasteiger partial charge in [-0.3, -0.25) is 0 Å². The Hall–Kier alpha value is -2.01. The molecule has 5 heteroatoms. The lowest BCUT2D eigenvalue weighted by Crippen LogP contribution is -2.12. The fourth-order valence-corrected chi connectivity index (χ4v) is 2.40. The molecule has 0 aliphatic rings. The zero-order valence-electron chi connectivity index (χ0n) is 10.3. The van der Waals surface area contributed by atoms with Crippen molar-refractivity contribution in [3.8, 4) is 0 Å². The molecule has 0 aromatic heterocycles. The van der Waals surface area contributed by atoms with E-state index in [1.165, 1.54) is 6.07 Å². The molecule has 3 N–H and O–H groups in total. The van der Waals surface area contributed by atoms with Crippen LogP contribution < -0.4 is 10.6 Å². The van der Waals surface area contributed by atoms with Gasteiger partial charge < -0.3 is 15.7 Å². The number of carbonyl (C=O) groups is 1. The molecule has 0 atom stereocenters. The highest BCUT2D eigenvalue weighted by molar-refractivity contribution is 9.10. The predicted molar refractivity (Wildman–Crippen MR) is 80.0 cm³/mol. The second-order valence-electron chi connectivity index (χ2n) is 4.09. The van der Waals surface area contributed by atoms with Gasteiger partial charge in [0.15, 0.2) is 0 Å². The van der Waals surface area contributed by atoms with E-state index in [0.29, 0.717) is 5.69 Å². The van der Waals surface area contributed by atoms with Crippen LogP contribution in [0, 0.1) is 0 Å². The Morgan fingerprint density at radius 2 is 1.89 bits per heavy atom. The molecule has 19 heavy (non-hydrogen) atoms. The molecule has 0 fully saturated rings. The van der Waals surface area contributed by atoms with Gasteiger partial charge in [0.1, 0.15) is 0 Å².